The minimum absolute atomic E-state index is 0. The number of rotatable bonds is 7. The van der Waals surface area contributed by atoms with Gasteiger partial charge in [0.15, 0.2) is 0 Å². The van der Waals surface area contributed by atoms with Crippen molar-refractivity contribution in [3.63, 3.8) is 0 Å². The summed E-state index contributed by atoms with van der Waals surface area (Å²) in [7, 11) is 1.69. The molecule has 0 amide bonds. The van der Waals surface area contributed by atoms with Gasteiger partial charge in [0.25, 0.3) is 0 Å². The molecule has 9 heteroatoms. The smallest absolute Gasteiger partial charge is 0.227 e. The van der Waals surface area contributed by atoms with Gasteiger partial charge in [-0.15, -0.1) is 12.4 Å². The van der Waals surface area contributed by atoms with Crippen LogP contribution in [0.25, 0.3) is 0 Å². The first-order valence-electron chi connectivity index (χ1n) is 11.8. The molecule has 35 heavy (non-hydrogen) atoms. The van der Waals surface area contributed by atoms with Crippen molar-refractivity contribution in [1.82, 2.24) is 15.0 Å². The van der Waals surface area contributed by atoms with Crippen LogP contribution in [-0.4, -0.2) is 46.9 Å². The van der Waals surface area contributed by atoms with Gasteiger partial charge >= 0.3 is 0 Å². The summed E-state index contributed by atoms with van der Waals surface area (Å²) in [5.74, 6) is 1.00. The summed E-state index contributed by atoms with van der Waals surface area (Å²) in [5.41, 5.74) is 7.36. The van der Waals surface area contributed by atoms with Gasteiger partial charge < -0.3 is 24.8 Å². The second kappa shape index (κ2) is 11.8. The fourth-order valence-corrected chi connectivity index (χ4v) is 4.83. The van der Waals surface area contributed by atoms with Gasteiger partial charge in [-0.25, -0.2) is 9.97 Å². The highest BCUT2D eigenvalue weighted by molar-refractivity contribution is 5.85. The third-order valence-electron chi connectivity index (χ3n) is 6.63. The van der Waals surface area contributed by atoms with E-state index in [0.717, 1.165) is 67.2 Å². The van der Waals surface area contributed by atoms with Gasteiger partial charge in [0.1, 0.15) is 0 Å². The molecule has 1 fully saturated rings. The molecule has 0 unspecified atom stereocenters. The van der Waals surface area contributed by atoms with Crippen LogP contribution in [0.15, 0.2) is 42.9 Å². The summed E-state index contributed by atoms with van der Waals surface area (Å²) >= 11 is 0. The number of aliphatic hydroxyl groups is 1. The van der Waals surface area contributed by atoms with Gasteiger partial charge in [0.05, 0.1) is 37.3 Å². The molecule has 2 aromatic heterocycles. The van der Waals surface area contributed by atoms with Crippen molar-refractivity contribution in [3.8, 4) is 0 Å². The Morgan fingerprint density at radius 3 is 2.83 bits per heavy atom. The van der Waals surface area contributed by atoms with Crippen LogP contribution in [0.3, 0.4) is 0 Å². The van der Waals surface area contributed by atoms with E-state index in [1.54, 1.807) is 7.11 Å². The van der Waals surface area contributed by atoms with Crippen molar-refractivity contribution in [2.75, 3.05) is 37.1 Å². The molecule has 0 spiro atoms. The van der Waals surface area contributed by atoms with Crippen molar-refractivity contribution in [2.24, 2.45) is 0 Å². The number of benzene rings is 1. The highest BCUT2D eigenvalue weighted by Gasteiger charge is 2.21. The molecule has 1 saturated heterocycles. The average Bonchev–Trinajstić information content (AvgIpc) is 2.89. The van der Waals surface area contributed by atoms with Gasteiger partial charge in [-0.3, -0.25) is 4.98 Å². The Bertz CT molecular complexity index is 1140. The third-order valence-corrected chi connectivity index (χ3v) is 6.63. The standard InChI is InChI=1S/C26H31N5O3.ClH/c1-33-17-18-10-23(14-27-12-18)31-7-4-20-13-28-26(30-25(20)15-31)29-22-2-3-24(21(11-22)16-32)19-5-8-34-9-6-19;/h2-3,10-14,19,32H,4-9,15-17H2,1H3,(H,28,29,30);1H. The Labute approximate surface area is 212 Å². The first-order valence-corrected chi connectivity index (χ1v) is 11.8. The summed E-state index contributed by atoms with van der Waals surface area (Å²) in [6, 6.07) is 8.29. The van der Waals surface area contributed by atoms with Crippen LogP contribution in [0.2, 0.25) is 0 Å². The molecular weight excluding hydrogens is 466 g/mol. The van der Waals surface area contributed by atoms with E-state index in [1.165, 1.54) is 11.1 Å². The molecule has 0 atom stereocenters. The highest BCUT2D eigenvalue weighted by atomic mass is 35.5. The lowest BCUT2D eigenvalue weighted by molar-refractivity contribution is 0.0848. The number of aromatic nitrogens is 3. The summed E-state index contributed by atoms with van der Waals surface area (Å²) in [6.45, 7) is 3.72. The Hall–Kier alpha value is -2.78. The number of anilines is 3. The molecule has 0 bridgehead atoms. The Kier molecular flexibility index (Phi) is 8.51. The zero-order chi connectivity index (χ0) is 23.3. The zero-order valence-corrected chi connectivity index (χ0v) is 20.8. The fraction of sp³-hybridized carbons (Fsp3) is 0.423. The molecule has 3 aromatic rings. The van der Waals surface area contributed by atoms with Crippen LogP contribution >= 0.6 is 12.4 Å². The normalized spacial score (nSPS) is 15.9. The molecule has 2 aliphatic heterocycles. The predicted octanol–water partition coefficient (Wildman–Crippen LogP) is 4.13. The molecule has 4 heterocycles. The first kappa shape index (κ1) is 25.3. The minimum Gasteiger partial charge on any atom is -0.392 e. The zero-order valence-electron chi connectivity index (χ0n) is 19.9. The number of aliphatic hydroxyl groups excluding tert-OH is 1. The summed E-state index contributed by atoms with van der Waals surface area (Å²) in [5, 5.41) is 13.3. The summed E-state index contributed by atoms with van der Waals surface area (Å²) in [6.07, 6.45) is 8.52. The van der Waals surface area contributed by atoms with Crippen LogP contribution in [0.4, 0.5) is 17.3 Å². The monoisotopic (exact) mass is 497 g/mol. The molecule has 8 nitrogen and oxygen atoms in total. The van der Waals surface area contributed by atoms with E-state index in [0.29, 0.717) is 25.0 Å². The average molecular weight is 498 g/mol. The van der Waals surface area contributed by atoms with Crippen molar-refractivity contribution in [3.05, 3.63) is 70.8 Å². The van der Waals surface area contributed by atoms with Crippen LogP contribution in [0.1, 0.15) is 46.7 Å². The molecule has 0 radical (unpaired) electrons. The van der Waals surface area contributed by atoms with E-state index in [9.17, 15) is 5.11 Å². The largest absolute Gasteiger partial charge is 0.392 e. The third kappa shape index (κ3) is 5.90. The van der Waals surface area contributed by atoms with Crippen molar-refractivity contribution in [2.45, 2.75) is 44.9 Å². The Morgan fingerprint density at radius 2 is 2.03 bits per heavy atom. The summed E-state index contributed by atoms with van der Waals surface area (Å²) < 4.78 is 10.7. The lowest BCUT2D eigenvalue weighted by Crippen LogP contribution is -2.31. The number of methoxy groups -OCH3 is 1. The second-order valence-electron chi connectivity index (χ2n) is 8.90. The minimum atomic E-state index is 0. The number of pyridine rings is 1. The van der Waals surface area contributed by atoms with Gasteiger partial charge in [-0.05, 0) is 65.6 Å². The van der Waals surface area contributed by atoms with Gasteiger partial charge in [0, 0.05) is 44.9 Å². The molecule has 5 rings (SSSR count). The maximum atomic E-state index is 9.98. The van der Waals surface area contributed by atoms with E-state index < -0.39 is 0 Å². The maximum Gasteiger partial charge on any atom is 0.227 e. The lowest BCUT2D eigenvalue weighted by Gasteiger charge is -2.30. The molecule has 186 valence electrons. The second-order valence-corrected chi connectivity index (χ2v) is 8.90. The van der Waals surface area contributed by atoms with Crippen LogP contribution in [0, 0.1) is 0 Å². The van der Waals surface area contributed by atoms with E-state index in [1.807, 2.05) is 30.7 Å². The predicted molar refractivity (Wildman–Crippen MR) is 137 cm³/mol. The van der Waals surface area contributed by atoms with Crippen LogP contribution in [0.5, 0.6) is 0 Å². The molecular formula is C26H32ClN5O3. The van der Waals surface area contributed by atoms with E-state index in [-0.39, 0.29) is 19.0 Å². The van der Waals surface area contributed by atoms with Crippen LogP contribution < -0.4 is 10.2 Å². The summed E-state index contributed by atoms with van der Waals surface area (Å²) in [4.78, 5) is 16.0. The van der Waals surface area contributed by atoms with E-state index in [2.05, 4.69) is 32.3 Å². The number of hydrogen-bond acceptors (Lipinski definition) is 8. The molecule has 1 aromatic carbocycles. The Balaban J connectivity index is 0.00000289. The maximum absolute atomic E-state index is 9.98. The van der Waals surface area contributed by atoms with E-state index >= 15 is 0 Å². The number of fused-ring (bicyclic) bond motifs is 1. The fourth-order valence-electron chi connectivity index (χ4n) is 4.83. The highest BCUT2D eigenvalue weighted by Crippen LogP contribution is 2.32. The van der Waals surface area contributed by atoms with E-state index in [4.69, 9.17) is 14.5 Å². The molecule has 2 N–H and O–H groups in total. The Morgan fingerprint density at radius 1 is 1.17 bits per heavy atom. The van der Waals surface area contributed by atoms with Gasteiger partial charge in [0.2, 0.25) is 5.95 Å². The van der Waals surface area contributed by atoms with Crippen molar-refractivity contribution < 1.29 is 14.6 Å². The number of halogens is 1. The number of nitrogens with one attached hydrogen (secondary N) is 1. The topological polar surface area (TPSA) is 92.6 Å². The molecule has 2 aliphatic rings. The quantitative estimate of drug-likeness (QED) is 0.503. The van der Waals surface area contributed by atoms with Gasteiger partial charge in [-0.2, -0.15) is 0 Å². The first-order chi connectivity index (χ1) is 16.7. The van der Waals surface area contributed by atoms with Crippen LogP contribution in [-0.2, 0) is 35.7 Å². The lowest BCUT2D eigenvalue weighted by atomic mass is 9.88. The van der Waals surface area contributed by atoms with Crippen molar-refractivity contribution >= 4 is 29.7 Å². The SMILES string of the molecule is COCc1cncc(N2CCc3cnc(Nc4ccc(C5CCOCC5)c(CO)c4)nc3C2)c1.Cl. The van der Waals surface area contributed by atoms with Gasteiger partial charge in [-0.1, -0.05) is 6.07 Å². The van der Waals surface area contributed by atoms with Crippen molar-refractivity contribution in [1.29, 1.82) is 0 Å². The molecule has 0 saturated carbocycles. The molecule has 0 aliphatic carbocycles. The number of nitrogens with zero attached hydrogens (tertiary/aromatic N) is 4. The number of hydrogen-bond donors (Lipinski definition) is 2. The number of ether oxygens (including phenoxy) is 2.